The van der Waals surface area contributed by atoms with Gasteiger partial charge in [-0.1, -0.05) is 44.5 Å². The standard InChI is InChI=1S/C12H18ClN/c1-8-7-9(5-6-10(8)13)11(14)12(2,3)4/h5-7,11H,14H2,1-4H3. The highest BCUT2D eigenvalue weighted by atomic mass is 35.5. The quantitative estimate of drug-likeness (QED) is 0.754. The van der Waals surface area contributed by atoms with Crippen LogP contribution in [0, 0.1) is 12.3 Å². The van der Waals surface area contributed by atoms with Crippen LogP contribution in [0.4, 0.5) is 0 Å². The summed E-state index contributed by atoms with van der Waals surface area (Å²) in [6.07, 6.45) is 0. The summed E-state index contributed by atoms with van der Waals surface area (Å²) in [7, 11) is 0. The molecule has 2 heteroatoms. The lowest BCUT2D eigenvalue weighted by molar-refractivity contribution is 0.327. The Morgan fingerprint density at radius 2 is 1.86 bits per heavy atom. The topological polar surface area (TPSA) is 26.0 Å². The molecule has 78 valence electrons. The Hall–Kier alpha value is -0.530. The van der Waals surface area contributed by atoms with E-state index in [9.17, 15) is 0 Å². The van der Waals surface area contributed by atoms with Crippen LogP contribution >= 0.6 is 11.6 Å². The van der Waals surface area contributed by atoms with Gasteiger partial charge < -0.3 is 5.73 Å². The zero-order chi connectivity index (χ0) is 10.9. The maximum Gasteiger partial charge on any atom is 0.0435 e. The minimum atomic E-state index is 0.0541. The van der Waals surface area contributed by atoms with E-state index in [1.54, 1.807) is 0 Å². The Kier molecular flexibility index (Phi) is 3.23. The molecule has 0 aromatic heterocycles. The average molecular weight is 212 g/mol. The van der Waals surface area contributed by atoms with Crippen molar-refractivity contribution in [2.45, 2.75) is 33.7 Å². The first kappa shape index (κ1) is 11.5. The van der Waals surface area contributed by atoms with Gasteiger partial charge in [-0.15, -0.1) is 0 Å². The van der Waals surface area contributed by atoms with Gasteiger partial charge in [0, 0.05) is 11.1 Å². The highest BCUT2D eigenvalue weighted by Crippen LogP contribution is 2.31. The molecule has 1 atom stereocenters. The van der Waals surface area contributed by atoms with Gasteiger partial charge >= 0.3 is 0 Å². The number of hydrogen-bond acceptors (Lipinski definition) is 1. The minimum absolute atomic E-state index is 0.0541. The SMILES string of the molecule is Cc1cc(C(N)C(C)(C)C)ccc1Cl. The van der Waals surface area contributed by atoms with Crippen LogP contribution in [-0.2, 0) is 0 Å². The molecule has 0 fully saturated rings. The van der Waals surface area contributed by atoms with Gasteiger partial charge in [-0.05, 0) is 29.5 Å². The summed E-state index contributed by atoms with van der Waals surface area (Å²) < 4.78 is 0. The summed E-state index contributed by atoms with van der Waals surface area (Å²) in [5.41, 5.74) is 8.47. The fraction of sp³-hybridized carbons (Fsp3) is 0.500. The normalized spacial score (nSPS) is 14.1. The summed E-state index contributed by atoms with van der Waals surface area (Å²) in [5, 5.41) is 0.801. The van der Waals surface area contributed by atoms with Crippen LogP contribution in [0.25, 0.3) is 0 Å². The lowest BCUT2D eigenvalue weighted by atomic mass is 9.83. The highest BCUT2D eigenvalue weighted by Gasteiger charge is 2.22. The maximum absolute atomic E-state index is 6.15. The predicted molar refractivity (Wildman–Crippen MR) is 62.6 cm³/mol. The van der Waals surface area contributed by atoms with E-state index in [1.807, 2.05) is 19.1 Å². The summed E-state index contributed by atoms with van der Waals surface area (Å²) in [5.74, 6) is 0. The molecule has 0 spiro atoms. The molecule has 2 N–H and O–H groups in total. The molecule has 1 aromatic carbocycles. The van der Waals surface area contributed by atoms with Gasteiger partial charge in [0.15, 0.2) is 0 Å². The lowest BCUT2D eigenvalue weighted by Gasteiger charge is -2.27. The van der Waals surface area contributed by atoms with Gasteiger partial charge in [0.25, 0.3) is 0 Å². The first-order valence-electron chi connectivity index (χ1n) is 4.84. The van der Waals surface area contributed by atoms with Crippen LogP contribution in [0.15, 0.2) is 18.2 Å². The van der Waals surface area contributed by atoms with Crippen molar-refractivity contribution >= 4 is 11.6 Å². The Balaban J connectivity index is 3.03. The van der Waals surface area contributed by atoms with Crippen LogP contribution in [0.2, 0.25) is 5.02 Å². The van der Waals surface area contributed by atoms with Gasteiger partial charge in [0.1, 0.15) is 0 Å². The summed E-state index contributed by atoms with van der Waals surface area (Å²) in [6.45, 7) is 8.42. The highest BCUT2D eigenvalue weighted by molar-refractivity contribution is 6.31. The van der Waals surface area contributed by atoms with Crippen molar-refractivity contribution in [1.82, 2.24) is 0 Å². The molecule has 1 aromatic rings. The van der Waals surface area contributed by atoms with Gasteiger partial charge in [-0.3, -0.25) is 0 Å². The number of nitrogens with two attached hydrogens (primary N) is 1. The largest absolute Gasteiger partial charge is 0.324 e. The van der Waals surface area contributed by atoms with Crippen molar-refractivity contribution < 1.29 is 0 Å². The monoisotopic (exact) mass is 211 g/mol. The van der Waals surface area contributed by atoms with Crippen molar-refractivity contribution in [2.75, 3.05) is 0 Å². The van der Waals surface area contributed by atoms with Crippen molar-refractivity contribution in [3.8, 4) is 0 Å². The second kappa shape index (κ2) is 3.92. The first-order chi connectivity index (χ1) is 6.32. The second-order valence-corrected chi connectivity index (χ2v) is 5.26. The molecule has 0 aliphatic heterocycles. The number of rotatable bonds is 1. The fourth-order valence-electron chi connectivity index (χ4n) is 1.36. The molecule has 0 radical (unpaired) electrons. The van der Waals surface area contributed by atoms with Crippen molar-refractivity contribution in [2.24, 2.45) is 11.1 Å². The first-order valence-corrected chi connectivity index (χ1v) is 5.22. The van der Waals surface area contributed by atoms with Crippen molar-refractivity contribution in [3.05, 3.63) is 34.3 Å². The van der Waals surface area contributed by atoms with Crippen LogP contribution in [0.5, 0.6) is 0 Å². The molecule has 1 nitrogen and oxygen atoms in total. The Labute approximate surface area is 91.3 Å². The van der Waals surface area contributed by atoms with Gasteiger partial charge in [-0.25, -0.2) is 0 Å². The third kappa shape index (κ3) is 2.49. The summed E-state index contributed by atoms with van der Waals surface area (Å²) in [4.78, 5) is 0. The van der Waals surface area contributed by atoms with Crippen molar-refractivity contribution in [3.63, 3.8) is 0 Å². The number of benzene rings is 1. The van der Waals surface area contributed by atoms with Crippen LogP contribution in [-0.4, -0.2) is 0 Å². The molecule has 0 heterocycles. The minimum Gasteiger partial charge on any atom is -0.324 e. The lowest BCUT2D eigenvalue weighted by Crippen LogP contribution is -2.26. The molecule has 1 unspecified atom stereocenters. The van der Waals surface area contributed by atoms with Gasteiger partial charge in [-0.2, -0.15) is 0 Å². The molecule has 0 bridgehead atoms. The molecule has 0 aliphatic carbocycles. The zero-order valence-electron chi connectivity index (χ0n) is 9.26. The third-order valence-electron chi connectivity index (χ3n) is 2.47. The smallest absolute Gasteiger partial charge is 0.0435 e. The third-order valence-corrected chi connectivity index (χ3v) is 2.90. The van der Waals surface area contributed by atoms with Crippen LogP contribution < -0.4 is 5.73 Å². The Bertz CT molecular complexity index is 326. The molecule has 14 heavy (non-hydrogen) atoms. The van der Waals surface area contributed by atoms with E-state index in [0.717, 1.165) is 16.1 Å². The Morgan fingerprint density at radius 3 is 2.29 bits per heavy atom. The molecule has 0 saturated heterocycles. The molecule has 0 aliphatic rings. The number of halogens is 1. The molecule has 0 saturated carbocycles. The van der Waals surface area contributed by atoms with E-state index in [-0.39, 0.29) is 11.5 Å². The molecule has 1 rings (SSSR count). The predicted octanol–water partition coefficient (Wildman–Crippen LogP) is 3.69. The molecular formula is C12H18ClN. The van der Waals surface area contributed by atoms with Gasteiger partial charge in [0.05, 0.1) is 0 Å². The fourth-order valence-corrected chi connectivity index (χ4v) is 1.48. The van der Waals surface area contributed by atoms with Crippen molar-refractivity contribution in [1.29, 1.82) is 0 Å². The summed E-state index contributed by atoms with van der Waals surface area (Å²) in [6, 6.07) is 6.04. The van der Waals surface area contributed by atoms with E-state index in [0.29, 0.717) is 0 Å². The van der Waals surface area contributed by atoms with E-state index in [2.05, 4.69) is 26.8 Å². The number of hydrogen-bond donors (Lipinski definition) is 1. The van der Waals surface area contributed by atoms with Crippen LogP contribution in [0.1, 0.15) is 37.9 Å². The van der Waals surface area contributed by atoms with E-state index < -0.39 is 0 Å². The number of aryl methyl sites for hydroxylation is 1. The zero-order valence-corrected chi connectivity index (χ0v) is 10.0. The Morgan fingerprint density at radius 1 is 1.29 bits per heavy atom. The summed E-state index contributed by atoms with van der Waals surface area (Å²) >= 11 is 5.96. The van der Waals surface area contributed by atoms with Gasteiger partial charge in [0.2, 0.25) is 0 Å². The average Bonchev–Trinajstić information content (AvgIpc) is 2.07. The molecule has 0 amide bonds. The van der Waals surface area contributed by atoms with E-state index in [1.165, 1.54) is 0 Å². The molecular weight excluding hydrogens is 194 g/mol. The maximum atomic E-state index is 6.15. The van der Waals surface area contributed by atoms with Crippen LogP contribution in [0.3, 0.4) is 0 Å². The van der Waals surface area contributed by atoms with E-state index in [4.69, 9.17) is 17.3 Å². The second-order valence-electron chi connectivity index (χ2n) is 4.85. The van der Waals surface area contributed by atoms with E-state index >= 15 is 0 Å².